The summed E-state index contributed by atoms with van der Waals surface area (Å²) in [6.07, 6.45) is 1.03. The van der Waals surface area contributed by atoms with Crippen LogP contribution in [0.25, 0.3) is 0 Å². The van der Waals surface area contributed by atoms with Gasteiger partial charge in [0.1, 0.15) is 22.6 Å². The number of hydrogen-bond acceptors (Lipinski definition) is 8. The summed E-state index contributed by atoms with van der Waals surface area (Å²) >= 11 is 0. The van der Waals surface area contributed by atoms with Gasteiger partial charge in [0.05, 0.1) is 7.11 Å². The summed E-state index contributed by atoms with van der Waals surface area (Å²) in [7, 11) is 1.24. The van der Waals surface area contributed by atoms with Gasteiger partial charge in [-0.2, -0.15) is 4.89 Å². The molecule has 0 rings (SSSR count). The van der Waals surface area contributed by atoms with Gasteiger partial charge < -0.3 is 19.1 Å². The number of ether oxygens (including phenoxy) is 3. The summed E-state index contributed by atoms with van der Waals surface area (Å²) in [6, 6.07) is 0. The zero-order chi connectivity index (χ0) is 26.1. The van der Waals surface area contributed by atoms with Crippen LogP contribution >= 0.6 is 0 Å². The summed E-state index contributed by atoms with van der Waals surface area (Å²) in [5, 5.41) is 0. The van der Waals surface area contributed by atoms with E-state index in [9.17, 15) is 14.4 Å². The second-order valence-corrected chi connectivity index (χ2v) is 10.2. The molecule has 0 saturated heterocycles. The van der Waals surface area contributed by atoms with Gasteiger partial charge in [-0.3, -0.25) is 14.4 Å². The van der Waals surface area contributed by atoms with Crippen molar-refractivity contribution in [3.8, 4) is 0 Å². The highest BCUT2D eigenvalue weighted by Gasteiger charge is 2.52. The Morgan fingerprint density at radius 1 is 0.758 bits per heavy atom. The highest BCUT2D eigenvalue weighted by Crippen LogP contribution is 2.39. The van der Waals surface area contributed by atoms with Crippen molar-refractivity contribution in [3.63, 3.8) is 0 Å². The lowest BCUT2D eigenvalue weighted by Gasteiger charge is -2.36. The van der Waals surface area contributed by atoms with Gasteiger partial charge in [-0.15, -0.1) is 0 Å². The van der Waals surface area contributed by atoms with Crippen molar-refractivity contribution in [1.82, 2.24) is 0 Å². The smallest absolute Gasteiger partial charge is 0.324 e. The lowest BCUT2D eigenvalue weighted by molar-refractivity contribution is -0.329. The molecule has 0 aromatic heterocycles. The molecule has 33 heavy (non-hydrogen) atoms. The van der Waals surface area contributed by atoms with E-state index in [2.05, 4.69) is 6.58 Å². The van der Waals surface area contributed by atoms with E-state index in [0.717, 1.165) is 0 Å². The lowest BCUT2D eigenvalue weighted by Crippen LogP contribution is -2.48. The third kappa shape index (κ3) is 10.2. The Labute approximate surface area is 199 Å². The van der Waals surface area contributed by atoms with Crippen molar-refractivity contribution < 1.29 is 38.4 Å². The number of hydrogen-bond donors (Lipinski definition) is 0. The third-order valence-corrected chi connectivity index (χ3v) is 5.94. The van der Waals surface area contributed by atoms with Crippen molar-refractivity contribution in [2.24, 2.45) is 5.41 Å². The molecule has 192 valence electrons. The van der Waals surface area contributed by atoms with Crippen LogP contribution < -0.4 is 0 Å². The van der Waals surface area contributed by atoms with Crippen LogP contribution in [-0.4, -0.2) is 41.8 Å². The molecule has 0 aliphatic rings. The lowest BCUT2D eigenvalue weighted by atomic mass is 9.78. The monoisotopic (exact) mass is 472 g/mol. The molecule has 0 atom stereocenters. The molecule has 0 bridgehead atoms. The van der Waals surface area contributed by atoms with Crippen molar-refractivity contribution in [2.75, 3.05) is 7.11 Å². The van der Waals surface area contributed by atoms with Gasteiger partial charge >= 0.3 is 17.9 Å². The number of esters is 3. The Kier molecular flexibility index (Phi) is 11.6. The largest absolute Gasteiger partial charge is 0.469 e. The first-order valence-electron chi connectivity index (χ1n) is 11.6. The molecular weight excluding hydrogens is 428 g/mol. The molecule has 0 aromatic carbocycles. The molecule has 0 amide bonds. The summed E-state index contributed by atoms with van der Waals surface area (Å²) in [5.41, 5.74) is -4.15. The van der Waals surface area contributed by atoms with E-state index in [-0.39, 0.29) is 25.0 Å². The summed E-state index contributed by atoms with van der Waals surface area (Å²) in [4.78, 5) is 49.9. The molecular formula is C25H44O8. The molecule has 0 radical (unpaired) electrons. The van der Waals surface area contributed by atoms with Crippen LogP contribution in [0.15, 0.2) is 12.3 Å². The average molecular weight is 473 g/mol. The number of carbonyl (C=O) groups is 3. The normalized spacial score (nSPS) is 12.7. The van der Waals surface area contributed by atoms with Crippen LogP contribution in [0.4, 0.5) is 0 Å². The maximum absolute atomic E-state index is 13.5. The van der Waals surface area contributed by atoms with Gasteiger partial charge in [-0.25, -0.2) is 0 Å². The molecule has 0 aromatic rings. The molecule has 0 spiro atoms. The van der Waals surface area contributed by atoms with E-state index in [1.807, 2.05) is 34.6 Å². The van der Waals surface area contributed by atoms with Gasteiger partial charge in [0.2, 0.25) is 0 Å². The quantitative estimate of drug-likeness (QED) is 0.0777. The molecule has 0 heterocycles. The Morgan fingerprint density at radius 3 is 1.55 bits per heavy atom. The summed E-state index contributed by atoms with van der Waals surface area (Å²) in [5.74, 6) is -2.15. The molecule has 0 saturated carbocycles. The Balaban J connectivity index is 6.28. The molecule has 0 aliphatic heterocycles. The molecule has 0 aliphatic carbocycles. The minimum absolute atomic E-state index is 0.0406. The van der Waals surface area contributed by atoms with Crippen molar-refractivity contribution >= 4 is 17.9 Å². The molecule has 0 unspecified atom stereocenters. The topological polar surface area (TPSA) is 97.4 Å². The minimum Gasteiger partial charge on any atom is -0.469 e. The number of methoxy groups -OCH3 is 1. The van der Waals surface area contributed by atoms with E-state index in [0.29, 0.717) is 19.3 Å². The van der Waals surface area contributed by atoms with Gasteiger partial charge in [-0.1, -0.05) is 27.4 Å². The fourth-order valence-corrected chi connectivity index (χ4v) is 2.38. The van der Waals surface area contributed by atoms with Crippen LogP contribution in [0.1, 0.15) is 101 Å². The summed E-state index contributed by atoms with van der Waals surface area (Å²) in [6.45, 7) is 20.2. The third-order valence-electron chi connectivity index (χ3n) is 5.94. The van der Waals surface area contributed by atoms with Crippen molar-refractivity contribution in [3.05, 3.63) is 12.3 Å². The SMILES string of the molecule is C=C(CC(CCC(=O)OC)(C(=O)OC(C)(C)CC)C(=O)OC(C)(C)CC)OOC(C)(C)CC. The van der Waals surface area contributed by atoms with E-state index < -0.39 is 40.1 Å². The maximum atomic E-state index is 13.5. The first-order valence-corrected chi connectivity index (χ1v) is 11.6. The Bertz CT molecular complexity index is 661. The number of carbonyl (C=O) groups excluding carboxylic acids is 3. The maximum Gasteiger partial charge on any atom is 0.324 e. The second-order valence-electron chi connectivity index (χ2n) is 10.2. The summed E-state index contributed by atoms with van der Waals surface area (Å²) < 4.78 is 16.2. The van der Waals surface area contributed by atoms with E-state index in [4.69, 9.17) is 24.0 Å². The minimum atomic E-state index is -1.87. The van der Waals surface area contributed by atoms with Crippen molar-refractivity contribution in [1.29, 1.82) is 0 Å². The highest BCUT2D eigenvalue weighted by molar-refractivity contribution is 6.01. The zero-order valence-corrected chi connectivity index (χ0v) is 22.2. The first-order chi connectivity index (χ1) is 15.0. The fraction of sp³-hybridized carbons (Fsp3) is 0.800. The molecule has 0 fully saturated rings. The van der Waals surface area contributed by atoms with Crippen LogP contribution in [-0.2, 0) is 38.4 Å². The van der Waals surface area contributed by atoms with Gasteiger partial charge in [0, 0.05) is 12.8 Å². The average Bonchev–Trinajstić information content (AvgIpc) is 2.74. The van der Waals surface area contributed by atoms with E-state index in [1.54, 1.807) is 27.7 Å². The van der Waals surface area contributed by atoms with Gasteiger partial charge in [0.25, 0.3) is 0 Å². The van der Waals surface area contributed by atoms with Gasteiger partial charge in [0.15, 0.2) is 5.41 Å². The van der Waals surface area contributed by atoms with Crippen LogP contribution in [0, 0.1) is 5.41 Å². The van der Waals surface area contributed by atoms with Gasteiger partial charge in [-0.05, 0) is 67.2 Å². The highest BCUT2D eigenvalue weighted by atomic mass is 17.2. The zero-order valence-electron chi connectivity index (χ0n) is 22.2. The molecule has 8 nitrogen and oxygen atoms in total. The predicted octanol–water partition coefficient (Wildman–Crippen LogP) is 5.43. The molecule has 8 heteroatoms. The molecule has 0 N–H and O–H groups in total. The fourth-order valence-electron chi connectivity index (χ4n) is 2.38. The Morgan fingerprint density at radius 2 is 1.18 bits per heavy atom. The van der Waals surface area contributed by atoms with Crippen LogP contribution in [0.2, 0.25) is 0 Å². The van der Waals surface area contributed by atoms with Crippen molar-refractivity contribution in [2.45, 2.75) is 118 Å². The Hall–Kier alpha value is -2.09. The predicted molar refractivity (Wildman–Crippen MR) is 125 cm³/mol. The van der Waals surface area contributed by atoms with Crippen LogP contribution in [0.5, 0.6) is 0 Å². The number of allylic oxidation sites excluding steroid dienone is 1. The van der Waals surface area contributed by atoms with Crippen LogP contribution in [0.3, 0.4) is 0 Å². The second kappa shape index (κ2) is 12.4. The van der Waals surface area contributed by atoms with E-state index >= 15 is 0 Å². The first kappa shape index (κ1) is 30.9. The number of rotatable bonds is 15. The van der Waals surface area contributed by atoms with E-state index in [1.165, 1.54) is 7.11 Å². The standard InChI is InChI=1S/C25H44O8/c1-12-22(5,6)30-20(27)25(16-15-19(26)29-11,21(28)31-23(7,8)13-2)17-18(4)32-33-24(9,10)14-3/h4,12-17H2,1-3,5-11H3.